The molecule has 0 radical (unpaired) electrons. The van der Waals surface area contributed by atoms with E-state index in [0.717, 1.165) is 109 Å². The summed E-state index contributed by atoms with van der Waals surface area (Å²) in [5.74, 6) is -0.295. The molecule has 3 rings (SSSR count). The van der Waals surface area contributed by atoms with Crippen LogP contribution >= 0.6 is 0 Å². The summed E-state index contributed by atoms with van der Waals surface area (Å²) in [6.45, 7) is 1.58. The second-order valence-electron chi connectivity index (χ2n) is 27.1. The Bertz CT molecular complexity index is 2350. The van der Waals surface area contributed by atoms with E-state index in [4.69, 9.17) is 28.4 Å². The van der Waals surface area contributed by atoms with Gasteiger partial charge in [0.05, 0.1) is 38.6 Å². The van der Waals surface area contributed by atoms with E-state index in [0.29, 0.717) is 12.8 Å². The molecular formula is C82H137NO18. The fourth-order valence-electron chi connectivity index (χ4n) is 12.2. The van der Waals surface area contributed by atoms with Crippen LogP contribution < -0.4 is 5.32 Å². The Kier molecular flexibility index (Phi) is 55.2. The number of allylic oxidation sites excluding steroid dienone is 21. The molecule has 3 saturated heterocycles. The topological polar surface area (TPSA) is 307 Å². The number of hydrogen-bond donors (Lipinski definition) is 12. The second-order valence-corrected chi connectivity index (χ2v) is 27.1. The third kappa shape index (κ3) is 41.4. The van der Waals surface area contributed by atoms with Gasteiger partial charge in [0.1, 0.15) is 73.2 Å². The van der Waals surface area contributed by atoms with Gasteiger partial charge in [-0.3, -0.25) is 4.79 Å². The largest absolute Gasteiger partial charge is 0.394 e. The van der Waals surface area contributed by atoms with Crippen molar-refractivity contribution in [1.29, 1.82) is 0 Å². The zero-order valence-corrected chi connectivity index (χ0v) is 61.6. The average Bonchev–Trinajstić information content (AvgIpc) is 0.792. The van der Waals surface area contributed by atoms with Gasteiger partial charge in [0.2, 0.25) is 5.91 Å². The van der Waals surface area contributed by atoms with Gasteiger partial charge in [-0.05, 0) is 109 Å². The quantitative estimate of drug-likeness (QED) is 0.0199. The molecule has 0 spiro atoms. The summed E-state index contributed by atoms with van der Waals surface area (Å²) >= 11 is 0. The molecule has 17 unspecified atom stereocenters. The van der Waals surface area contributed by atoms with Crippen molar-refractivity contribution in [1.82, 2.24) is 5.32 Å². The first-order valence-corrected chi connectivity index (χ1v) is 38.9. The number of aliphatic hydroxyl groups is 11. The summed E-state index contributed by atoms with van der Waals surface area (Å²) in [5.41, 5.74) is 0. The lowest BCUT2D eigenvalue weighted by Gasteiger charge is -2.48. The molecule has 0 saturated carbocycles. The van der Waals surface area contributed by atoms with Crippen molar-refractivity contribution in [2.75, 3.05) is 26.4 Å². The number of amides is 1. The number of carbonyl (C=O) groups is 1. The zero-order chi connectivity index (χ0) is 73.2. The van der Waals surface area contributed by atoms with Crippen LogP contribution in [0.15, 0.2) is 134 Å². The van der Waals surface area contributed by atoms with Crippen LogP contribution in [0.25, 0.3) is 0 Å². The van der Waals surface area contributed by atoms with Gasteiger partial charge in [0.15, 0.2) is 18.9 Å². The molecule has 17 atom stereocenters. The van der Waals surface area contributed by atoms with Crippen LogP contribution in [0.1, 0.15) is 245 Å². The maximum Gasteiger partial charge on any atom is 0.220 e. The Morgan fingerprint density at radius 2 is 0.693 bits per heavy atom. The maximum absolute atomic E-state index is 13.4. The molecule has 1 amide bonds. The first kappa shape index (κ1) is 91.1. The van der Waals surface area contributed by atoms with Crippen molar-refractivity contribution in [3.8, 4) is 0 Å². The van der Waals surface area contributed by atoms with E-state index in [9.17, 15) is 61.0 Å². The molecule has 3 aliphatic rings. The summed E-state index contributed by atoms with van der Waals surface area (Å²) in [7, 11) is 0. The monoisotopic (exact) mass is 1420 g/mol. The van der Waals surface area contributed by atoms with Crippen LogP contribution in [-0.4, -0.2) is 193 Å². The number of rotatable bonds is 59. The highest BCUT2D eigenvalue weighted by atomic mass is 16.8. The second kappa shape index (κ2) is 61.1. The number of ether oxygens (including phenoxy) is 6. The Hall–Kier alpha value is -4.07. The molecule has 19 heteroatoms. The van der Waals surface area contributed by atoms with E-state index in [-0.39, 0.29) is 18.9 Å². The molecule has 12 N–H and O–H groups in total. The summed E-state index contributed by atoms with van der Waals surface area (Å²) in [6.07, 6.45) is 60.1. The van der Waals surface area contributed by atoms with E-state index in [2.05, 4.69) is 141 Å². The maximum atomic E-state index is 13.4. The lowest BCUT2D eigenvalue weighted by atomic mass is 9.96. The van der Waals surface area contributed by atoms with Crippen molar-refractivity contribution < 1.29 is 89.4 Å². The minimum absolute atomic E-state index is 0.224. The zero-order valence-electron chi connectivity index (χ0n) is 61.6. The average molecular weight is 1420 g/mol. The van der Waals surface area contributed by atoms with Crippen molar-refractivity contribution in [3.05, 3.63) is 134 Å². The molecule has 3 fully saturated rings. The molecule has 101 heavy (non-hydrogen) atoms. The standard InChI is InChI=1S/C82H137NO18/c1-3-5-7-9-11-13-15-17-19-21-22-23-24-25-26-27-28-29-30-31-32-33-34-35-36-37-38-39-40-41-42-44-46-48-50-52-54-56-58-60-70(88)83-65(66(87)59-57-55-53-51-49-47-45-43-20-18-16-14-12-10-8-6-4-2)64-96-80-76(94)73(91)78(68(62-85)98-80)101-82-77(95)74(92)79(69(63-86)99-82)100-81-75(93)72(90)71(89)67(61-84)97-81/h5,7,11,13,17,19-20,22-23,25-26,28-29,31-32,34-35,43,49,51,57,59,65-69,71-82,84-87,89-95H,3-4,6,8-10,12,14-16,18,21,24,27,30,33,36-42,44-48,50,52-56,58,60-64H2,1-2H3,(H,83,88)/b7-5-,13-11-,19-17-,23-22-,26-25-,29-28-,32-31-,35-34-,43-20+,51-49+,59-57+. The van der Waals surface area contributed by atoms with E-state index >= 15 is 0 Å². The number of carbonyl (C=O) groups excluding carboxylic acids is 1. The van der Waals surface area contributed by atoms with Crippen molar-refractivity contribution in [2.45, 2.75) is 349 Å². The molecule has 19 nitrogen and oxygen atoms in total. The minimum atomic E-state index is -1.99. The van der Waals surface area contributed by atoms with Crippen molar-refractivity contribution in [3.63, 3.8) is 0 Å². The molecule has 0 aliphatic carbocycles. The Morgan fingerprint density at radius 3 is 1.11 bits per heavy atom. The highest BCUT2D eigenvalue weighted by Gasteiger charge is 2.53. The van der Waals surface area contributed by atoms with Gasteiger partial charge in [-0.1, -0.05) is 263 Å². The Balaban J connectivity index is 1.34. The van der Waals surface area contributed by atoms with Gasteiger partial charge in [0.25, 0.3) is 0 Å². The molecule has 0 aromatic heterocycles. The summed E-state index contributed by atoms with van der Waals surface area (Å²) in [5, 5.41) is 121. The molecular weight excluding hydrogens is 1290 g/mol. The fraction of sp³-hybridized carbons (Fsp3) is 0.720. The van der Waals surface area contributed by atoms with E-state index in [1.165, 1.54) is 103 Å². The predicted octanol–water partition coefficient (Wildman–Crippen LogP) is 12.5. The van der Waals surface area contributed by atoms with Crippen LogP contribution in [0.3, 0.4) is 0 Å². The number of aliphatic hydroxyl groups excluding tert-OH is 11. The van der Waals surface area contributed by atoms with Crippen LogP contribution in [0.4, 0.5) is 0 Å². The first-order valence-electron chi connectivity index (χ1n) is 38.9. The molecule has 3 aliphatic heterocycles. The van der Waals surface area contributed by atoms with Crippen LogP contribution in [0, 0.1) is 0 Å². The summed E-state index contributed by atoms with van der Waals surface area (Å²) < 4.78 is 34.4. The SMILES string of the molecule is CC/C=C\C/C=C\C/C=C\C/C=C\C/C=C\C/C=C\C/C=C\C/C=C\CCCCCCCCCCCCCCCCC(=O)NC(COC1OC(CO)C(OC2OC(CO)C(OC3OC(CO)C(O)C(O)C3O)C(O)C2O)C(O)C1O)C(O)/C=C/CC/C=C/CC/C=C/CCCCCCCCC. The predicted molar refractivity (Wildman–Crippen MR) is 401 cm³/mol. The minimum Gasteiger partial charge on any atom is -0.394 e. The van der Waals surface area contributed by atoms with Gasteiger partial charge < -0.3 is 89.9 Å². The first-order chi connectivity index (χ1) is 49.3. The van der Waals surface area contributed by atoms with Gasteiger partial charge >= 0.3 is 0 Å². The van der Waals surface area contributed by atoms with E-state index in [1.54, 1.807) is 6.08 Å². The van der Waals surface area contributed by atoms with Crippen molar-refractivity contribution in [2.24, 2.45) is 0 Å². The van der Waals surface area contributed by atoms with Gasteiger partial charge in [-0.15, -0.1) is 0 Å². The molecule has 0 aromatic rings. The Morgan fingerprint density at radius 1 is 0.366 bits per heavy atom. The van der Waals surface area contributed by atoms with E-state index in [1.807, 2.05) is 6.08 Å². The summed E-state index contributed by atoms with van der Waals surface area (Å²) in [6, 6.07) is -1.01. The molecule has 3 heterocycles. The van der Waals surface area contributed by atoms with Crippen molar-refractivity contribution >= 4 is 5.91 Å². The van der Waals surface area contributed by atoms with Gasteiger partial charge in [-0.25, -0.2) is 0 Å². The van der Waals surface area contributed by atoms with Crippen LogP contribution in [-0.2, 0) is 33.2 Å². The van der Waals surface area contributed by atoms with Crippen LogP contribution in [0.5, 0.6) is 0 Å². The summed E-state index contributed by atoms with van der Waals surface area (Å²) in [4.78, 5) is 13.4. The third-order valence-electron chi connectivity index (χ3n) is 18.4. The molecule has 0 bridgehead atoms. The van der Waals surface area contributed by atoms with Gasteiger partial charge in [0, 0.05) is 6.42 Å². The highest BCUT2D eigenvalue weighted by molar-refractivity contribution is 5.76. The molecule has 0 aromatic carbocycles. The third-order valence-corrected chi connectivity index (χ3v) is 18.4. The van der Waals surface area contributed by atoms with Crippen LogP contribution in [0.2, 0.25) is 0 Å². The number of unbranched alkanes of at least 4 members (excludes halogenated alkanes) is 23. The fourth-order valence-corrected chi connectivity index (χ4v) is 12.2. The number of hydrogen-bond acceptors (Lipinski definition) is 18. The highest BCUT2D eigenvalue weighted by Crippen LogP contribution is 2.33. The number of nitrogens with one attached hydrogen (secondary N) is 1. The normalized spacial score (nSPS) is 27.1. The lowest BCUT2D eigenvalue weighted by molar-refractivity contribution is -0.379. The lowest BCUT2D eigenvalue weighted by Crippen LogP contribution is -2.66. The molecule has 578 valence electrons. The van der Waals surface area contributed by atoms with Gasteiger partial charge in [-0.2, -0.15) is 0 Å². The smallest absolute Gasteiger partial charge is 0.220 e. The Labute approximate surface area is 607 Å². The van der Waals surface area contributed by atoms with E-state index < -0.39 is 124 Å².